The van der Waals surface area contributed by atoms with E-state index in [1.54, 1.807) is 0 Å². The number of nitrogens with two attached hydrogens (primary N) is 1. The minimum atomic E-state index is -0.716. The molecule has 0 aliphatic carbocycles. The second-order valence-corrected chi connectivity index (χ2v) is 4.20. The van der Waals surface area contributed by atoms with Gasteiger partial charge in [0, 0.05) is 0 Å². The van der Waals surface area contributed by atoms with Crippen molar-refractivity contribution in [3.8, 4) is 0 Å². The third-order valence-corrected chi connectivity index (χ3v) is 1.96. The molecule has 5 nitrogen and oxygen atoms in total. The van der Waals surface area contributed by atoms with Crippen LogP contribution in [0.2, 0.25) is 0 Å². The third kappa shape index (κ3) is 7.23. The van der Waals surface area contributed by atoms with E-state index in [4.69, 9.17) is 5.73 Å². The second kappa shape index (κ2) is 8.10. The highest BCUT2D eigenvalue weighted by Crippen LogP contribution is 2.03. The smallest absolute Gasteiger partial charge is 0.318 e. The molecule has 0 spiro atoms. The Morgan fingerprint density at radius 3 is 2.38 bits per heavy atom. The summed E-state index contributed by atoms with van der Waals surface area (Å²) in [6, 6.07) is -0.716. The van der Waals surface area contributed by atoms with Gasteiger partial charge in [0.15, 0.2) is 0 Å². The molecule has 16 heavy (non-hydrogen) atoms. The third-order valence-electron chi connectivity index (χ3n) is 1.96. The molecule has 0 rings (SSSR count). The van der Waals surface area contributed by atoms with Crippen LogP contribution in [0.1, 0.15) is 46.5 Å². The number of carbonyl (C=O) groups is 2. The standard InChI is InChI=1S/C11H21NO4/c1-4-5-6-9(12)11(14)16-15-10(13)7-8(2)3/h8-9H,4-7,12H2,1-3H3. The zero-order valence-electron chi connectivity index (χ0n) is 10.2. The van der Waals surface area contributed by atoms with Gasteiger partial charge in [-0.25, -0.2) is 19.4 Å². The Balaban J connectivity index is 3.75. The van der Waals surface area contributed by atoms with Gasteiger partial charge >= 0.3 is 11.9 Å². The second-order valence-electron chi connectivity index (χ2n) is 4.20. The molecule has 0 heterocycles. The van der Waals surface area contributed by atoms with E-state index in [0.29, 0.717) is 6.42 Å². The Morgan fingerprint density at radius 2 is 1.88 bits per heavy atom. The fourth-order valence-corrected chi connectivity index (χ4v) is 1.06. The van der Waals surface area contributed by atoms with Crippen molar-refractivity contribution in [2.24, 2.45) is 11.7 Å². The van der Waals surface area contributed by atoms with Gasteiger partial charge in [0.25, 0.3) is 0 Å². The molecular weight excluding hydrogens is 210 g/mol. The van der Waals surface area contributed by atoms with E-state index in [9.17, 15) is 9.59 Å². The van der Waals surface area contributed by atoms with Gasteiger partial charge < -0.3 is 5.73 Å². The van der Waals surface area contributed by atoms with E-state index in [-0.39, 0.29) is 12.3 Å². The molecule has 94 valence electrons. The van der Waals surface area contributed by atoms with Crippen LogP contribution in [-0.2, 0) is 19.4 Å². The zero-order chi connectivity index (χ0) is 12.6. The summed E-state index contributed by atoms with van der Waals surface area (Å²) in [4.78, 5) is 31.0. The normalized spacial score (nSPS) is 12.3. The first-order valence-electron chi connectivity index (χ1n) is 5.64. The van der Waals surface area contributed by atoms with Crippen LogP contribution < -0.4 is 5.73 Å². The maximum Gasteiger partial charge on any atom is 0.372 e. The monoisotopic (exact) mass is 231 g/mol. The molecule has 0 radical (unpaired) electrons. The quantitative estimate of drug-likeness (QED) is 0.554. The lowest BCUT2D eigenvalue weighted by atomic mass is 10.1. The molecular formula is C11H21NO4. The van der Waals surface area contributed by atoms with Crippen molar-refractivity contribution in [1.82, 2.24) is 0 Å². The number of carbonyl (C=O) groups excluding carboxylic acids is 2. The minimum absolute atomic E-state index is 0.167. The van der Waals surface area contributed by atoms with Crippen LogP contribution in [0, 0.1) is 5.92 Å². The Kier molecular flexibility index (Phi) is 7.54. The first-order chi connectivity index (χ1) is 7.47. The molecule has 5 heteroatoms. The maximum absolute atomic E-state index is 11.2. The molecule has 0 fully saturated rings. The highest BCUT2D eigenvalue weighted by Gasteiger charge is 2.18. The largest absolute Gasteiger partial charge is 0.372 e. The van der Waals surface area contributed by atoms with Crippen molar-refractivity contribution in [2.45, 2.75) is 52.5 Å². The highest BCUT2D eigenvalue weighted by atomic mass is 17.2. The summed E-state index contributed by atoms with van der Waals surface area (Å²) in [7, 11) is 0. The molecule has 2 N–H and O–H groups in total. The SMILES string of the molecule is CCCCC(N)C(=O)OOC(=O)CC(C)C. The van der Waals surface area contributed by atoms with E-state index >= 15 is 0 Å². The Labute approximate surface area is 96.2 Å². The Hall–Kier alpha value is -1.10. The van der Waals surface area contributed by atoms with Crippen molar-refractivity contribution in [3.05, 3.63) is 0 Å². The van der Waals surface area contributed by atoms with E-state index < -0.39 is 18.0 Å². The van der Waals surface area contributed by atoms with Gasteiger partial charge in [0.05, 0.1) is 6.42 Å². The van der Waals surface area contributed by atoms with Crippen molar-refractivity contribution >= 4 is 11.9 Å². The topological polar surface area (TPSA) is 78.6 Å². The van der Waals surface area contributed by atoms with Gasteiger partial charge in [-0.1, -0.05) is 33.6 Å². The van der Waals surface area contributed by atoms with Gasteiger partial charge in [-0.05, 0) is 12.3 Å². The van der Waals surface area contributed by atoms with Crippen LogP contribution >= 0.6 is 0 Å². The molecule has 0 aliphatic rings. The van der Waals surface area contributed by atoms with Gasteiger partial charge in [-0.2, -0.15) is 0 Å². The lowest BCUT2D eigenvalue weighted by molar-refractivity contribution is -0.260. The molecule has 0 saturated carbocycles. The summed E-state index contributed by atoms with van der Waals surface area (Å²) < 4.78 is 0. The van der Waals surface area contributed by atoms with E-state index in [1.165, 1.54) is 0 Å². The summed E-state index contributed by atoms with van der Waals surface area (Å²) in [5, 5.41) is 0. The van der Waals surface area contributed by atoms with Crippen LogP contribution in [0.4, 0.5) is 0 Å². The first-order valence-corrected chi connectivity index (χ1v) is 5.64. The molecule has 1 unspecified atom stereocenters. The van der Waals surface area contributed by atoms with Crippen LogP contribution in [0.5, 0.6) is 0 Å². The van der Waals surface area contributed by atoms with Gasteiger partial charge in [-0.3, -0.25) is 0 Å². The summed E-state index contributed by atoms with van der Waals surface area (Å²) >= 11 is 0. The van der Waals surface area contributed by atoms with Crippen LogP contribution in [0.25, 0.3) is 0 Å². The van der Waals surface area contributed by atoms with Crippen LogP contribution in [0.15, 0.2) is 0 Å². The van der Waals surface area contributed by atoms with Crippen molar-refractivity contribution < 1.29 is 19.4 Å². The van der Waals surface area contributed by atoms with Gasteiger partial charge in [0.1, 0.15) is 6.04 Å². The average molecular weight is 231 g/mol. The minimum Gasteiger partial charge on any atom is -0.318 e. The summed E-state index contributed by atoms with van der Waals surface area (Å²) in [5.74, 6) is -1.07. The molecule has 0 saturated heterocycles. The van der Waals surface area contributed by atoms with E-state index in [0.717, 1.165) is 12.8 Å². The van der Waals surface area contributed by atoms with Crippen LogP contribution in [-0.4, -0.2) is 18.0 Å². The lowest BCUT2D eigenvalue weighted by Crippen LogP contribution is -2.32. The fourth-order valence-electron chi connectivity index (χ4n) is 1.06. The van der Waals surface area contributed by atoms with Crippen molar-refractivity contribution in [3.63, 3.8) is 0 Å². The Bertz CT molecular complexity index is 228. The number of rotatable bonds is 6. The number of hydrogen-bond acceptors (Lipinski definition) is 5. The molecule has 0 aromatic carbocycles. The molecule has 0 aromatic rings. The summed E-state index contributed by atoms with van der Waals surface area (Å²) in [6.07, 6.45) is 2.55. The highest BCUT2D eigenvalue weighted by molar-refractivity contribution is 5.76. The molecule has 1 atom stereocenters. The molecule has 0 aliphatic heterocycles. The van der Waals surface area contributed by atoms with Gasteiger partial charge in [0.2, 0.25) is 0 Å². The van der Waals surface area contributed by atoms with Crippen LogP contribution in [0.3, 0.4) is 0 Å². The summed E-state index contributed by atoms with van der Waals surface area (Å²) in [6.45, 7) is 5.74. The first kappa shape index (κ1) is 14.9. The average Bonchev–Trinajstić information content (AvgIpc) is 2.21. The molecule has 0 amide bonds. The predicted octanol–water partition coefficient (Wildman–Crippen LogP) is 1.55. The van der Waals surface area contributed by atoms with Crippen molar-refractivity contribution in [2.75, 3.05) is 0 Å². The van der Waals surface area contributed by atoms with Gasteiger partial charge in [-0.15, -0.1) is 0 Å². The lowest BCUT2D eigenvalue weighted by Gasteiger charge is -2.09. The maximum atomic E-state index is 11.2. The summed E-state index contributed by atoms with van der Waals surface area (Å²) in [5.41, 5.74) is 5.52. The number of unbranched alkanes of at least 4 members (excludes halogenated alkanes) is 1. The predicted molar refractivity (Wildman–Crippen MR) is 59.1 cm³/mol. The zero-order valence-corrected chi connectivity index (χ0v) is 10.2. The van der Waals surface area contributed by atoms with Crippen molar-refractivity contribution in [1.29, 1.82) is 0 Å². The van der Waals surface area contributed by atoms with E-state index in [2.05, 4.69) is 9.78 Å². The van der Waals surface area contributed by atoms with E-state index in [1.807, 2.05) is 20.8 Å². The molecule has 0 aromatic heterocycles. The number of hydrogen-bond donors (Lipinski definition) is 1. The molecule has 0 bridgehead atoms. The fraction of sp³-hybridized carbons (Fsp3) is 0.818. The Morgan fingerprint density at radius 1 is 1.25 bits per heavy atom.